The number of hydrogen-bond acceptors (Lipinski definition) is 6. The molecule has 1 aromatic heterocycles. The van der Waals surface area contributed by atoms with Crippen molar-refractivity contribution in [1.29, 1.82) is 0 Å². The van der Waals surface area contributed by atoms with Crippen LogP contribution in [0.3, 0.4) is 0 Å². The van der Waals surface area contributed by atoms with Crippen LogP contribution < -0.4 is 5.43 Å². The number of hydrazone groups is 1. The molecule has 0 aliphatic carbocycles. The zero-order valence-electron chi connectivity index (χ0n) is 12.0. The molecule has 9 heteroatoms. The SMILES string of the molecule is CCOC(=O)Cc1csc(NN=Cc2cc(I)c(F)cc2F)n1. The Morgan fingerprint density at radius 1 is 1.48 bits per heavy atom. The number of carbonyl (C=O) groups excluding carboxylic acids is 1. The van der Waals surface area contributed by atoms with E-state index in [0.717, 1.165) is 6.07 Å². The molecule has 0 aliphatic rings. The summed E-state index contributed by atoms with van der Waals surface area (Å²) in [4.78, 5) is 15.5. The van der Waals surface area contributed by atoms with E-state index in [0.29, 0.717) is 21.0 Å². The van der Waals surface area contributed by atoms with Crippen LogP contribution in [0.15, 0.2) is 22.6 Å². The molecule has 5 nitrogen and oxygen atoms in total. The van der Waals surface area contributed by atoms with Crippen molar-refractivity contribution in [3.05, 3.63) is 44.0 Å². The van der Waals surface area contributed by atoms with Gasteiger partial charge in [0.1, 0.15) is 11.6 Å². The third kappa shape index (κ3) is 5.20. The highest BCUT2D eigenvalue weighted by Gasteiger charge is 2.08. The number of halogens is 3. The molecule has 23 heavy (non-hydrogen) atoms. The maximum absolute atomic E-state index is 13.5. The number of benzene rings is 1. The lowest BCUT2D eigenvalue weighted by atomic mass is 10.2. The van der Waals surface area contributed by atoms with Gasteiger partial charge in [0.2, 0.25) is 5.13 Å². The van der Waals surface area contributed by atoms with Crippen LogP contribution >= 0.6 is 33.9 Å². The number of hydrogen-bond donors (Lipinski definition) is 1. The van der Waals surface area contributed by atoms with Crippen LogP contribution in [0.4, 0.5) is 13.9 Å². The lowest BCUT2D eigenvalue weighted by Crippen LogP contribution is -2.07. The van der Waals surface area contributed by atoms with Gasteiger partial charge in [-0.15, -0.1) is 11.3 Å². The van der Waals surface area contributed by atoms with E-state index in [9.17, 15) is 13.6 Å². The predicted molar refractivity (Wildman–Crippen MR) is 92.7 cm³/mol. The summed E-state index contributed by atoms with van der Waals surface area (Å²) in [5.41, 5.74) is 3.36. The van der Waals surface area contributed by atoms with Gasteiger partial charge >= 0.3 is 5.97 Å². The van der Waals surface area contributed by atoms with E-state index in [1.807, 2.05) is 0 Å². The second kappa shape index (κ2) is 8.29. The number of ether oxygens (including phenoxy) is 1. The van der Waals surface area contributed by atoms with Gasteiger partial charge in [0.05, 0.1) is 24.9 Å². The van der Waals surface area contributed by atoms with Gasteiger partial charge in [-0.2, -0.15) is 5.10 Å². The highest BCUT2D eigenvalue weighted by Crippen LogP contribution is 2.17. The first-order valence-corrected chi connectivity index (χ1v) is 8.49. The Morgan fingerprint density at radius 3 is 3.00 bits per heavy atom. The third-order valence-electron chi connectivity index (χ3n) is 2.59. The van der Waals surface area contributed by atoms with Crippen molar-refractivity contribution >= 4 is 51.2 Å². The molecule has 2 aromatic rings. The number of anilines is 1. The molecule has 1 heterocycles. The molecule has 0 spiro atoms. The number of rotatable bonds is 6. The Hall–Kier alpha value is -1.62. The van der Waals surface area contributed by atoms with Crippen LogP contribution in [-0.2, 0) is 16.0 Å². The molecule has 1 aromatic carbocycles. The van der Waals surface area contributed by atoms with Gasteiger partial charge in [-0.25, -0.2) is 13.8 Å². The smallest absolute Gasteiger partial charge is 0.311 e. The minimum absolute atomic E-state index is 0.0838. The molecule has 0 fully saturated rings. The van der Waals surface area contributed by atoms with Crippen molar-refractivity contribution in [3.63, 3.8) is 0 Å². The van der Waals surface area contributed by atoms with Gasteiger partial charge in [-0.05, 0) is 35.6 Å². The molecule has 0 aliphatic heterocycles. The Balaban J connectivity index is 1.97. The predicted octanol–water partition coefficient (Wildman–Crippen LogP) is 3.58. The van der Waals surface area contributed by atoms with E-state index in [1.165, 1.54) is 23.6 Å². The van der Waals surface area contributed by atoms with Gasteiger partial charge in [-0.1, -0.05) is 0 Å². The first kappa shape index (κ1) is 17.7. The van der Waals surface area contributed by atoms with Crippen LogP contribution in [-0.4, -0.2) is 23.8 Å². The molecule has 1 N–H and O–H groups in total. The molecule has 0 radical (unpaired) electrons. The first-order chi connectivity index (χ1) is 11.0. The Kier molecular flexibility index (Phi) is 6.39. The van der Waals surface area contributed by atoms with Crippen molar-refractivity contribution in [2.24, 2.45) is 5.10 Å². The van der Waals surface area contributed by atoms with Crippen molar-refractivity contribution in [2.45, 2.75) is 13.3 Å². The van der Waals surface area contributed by atoms with E-state index in [1.54, 1.807) is 34.9 Å². The summed E-state index contributed by atoms with van der Waals surface area (Å²) in [6, 6.07) is 2.16. The average molecular weight is 451 g/mol. The normalized spacial score (nSPS) is 11.0. The number of esters is 1. The molecule has 0 atom stereocenters. The fraction of sp³-hybridized carbons (Fsp3) is 0.214. The van der Waals surface area contributed by atoms with Crippen molar-refractivity contribution in [3.8, 4) is 0 Å². The zero-order chi connectivity index (χ0) is 16.8. The molecule has 0 saturated carbocycles. The monoisotopic (exact) mass is 451 g/mol. The Bertz CT molecular complexity index is 737. The van der Waals surface area contributed by atoms with E-state index in [-0.39, 0.29) is 18.0 Å². The summed E-state index contributed by atoms with van der Waals surface area (Å²) in [6.45, 7) is 2.05. The lowest BCUT2D eigenvalue weighted by molar-refractivity contribution is -0.142. The third-order valence-corrected chi connectivity index (χ3v) is 4.21. The van der Waals surface area contributed by atoms with Gasteiger partial charge in [0.15, 0.2) is 0 Å². The number of aromatic nitrogens is 1. The molecule has 0 saturated heterocycles. The zero-order valence-corrected chi connectivity index (χ0v) is 15.0. The molecule has 2 rings (SSSR count). The van der Waals surface area contributed by atoms with E-state index >= 15 is 0 Å². The van der Waals surface area contributed by atoms with Crippen LogP contribution in [0.2, 0.25) is 0 Å². The summed E-state index contributed by atoms with van der Waals surface area (Å²) in [7, 11) is 0. The maximum atomic E-state index is 13.5. The number of nitrogens with zero attached hydrogens (tertiary/aromatic N) is 2. The van der Waals surface area contributed by atoms with E-state index in [4.69, 9.17) is 4.74 Å². The topological polar surface area (TPSA) is 63.6 Å². The van der Waals surface area contributed by atoms with Gasteiger partial charge < -0.3 is 4.74 Å². The second-order valence-electron chi connectivity index (χ2n) is 4.28. The maximum Gasteiger partial charge on any atom is 0.311 e. The average Bonchev–Trinajstić information content (AvgIpc) is 2.92. The van der Waals surface area contributed by atoms with Crippen molar-refractivity contribution in [2.75, 3.05) is 12.0 Å². The number of nitrogens with one attached hydrogen (secondary N) is 1. The Morgan fingerprint density at radius 2 is 2.26 bits per heavy atom. The van der Waals surface area contributed by atoms with Crippen LogP contribution in [0.5, 0.6) is 0 Å². The number of carbonyl (C=O) groups is 1. The van der Waals surface area contributed by atoms with Gasteiger partial charge in [0, 0.05) is 20.6 Å². The highest BCUT2D eigenvalue weighted by molar-refractivity contribution is 14.1. The van der Waals surface area contributed by atoms with Gasteiger partial charge in [-0.3, -0.25) is 10.2 Å². The summed E-state index contributed by atoms with van der Waals surface area (Å²) in [6.07, 6.45) is 1.32. The minimum Gasteiger partial charge on any atom is -0.466 e. The van der Waals surface area contributed by atoms with Gasteiger partial charge in [0.25, 0.3) is 0 Å². The van der Waals surface area contributed by atoms with Crippen LogP contribution in [0, 0.1) is 15.2 Å². The highest BCUT2D eigenvalue weighted by atomic mass is 127. The summed E-state index contributed by atoms with van der Waals surface area (Å²) in [5, 5.41) is 6.02. The minimum atomic E-state index is -0.699. The molecular weight excluding hydrogens is 439 g/mol. The molecule has 0 bridgehead atoms. The lowest BCUT2D eigenvalue weighted by Gasteiger charge is -2.00. The Labute approximate surface area is 148 Å². The van der Waals surface area contributed by atoms with E-state index in [2.05, 4.69) is 15.5 Å². The standard InChI is InChI=1S/C14H12F2IN3O2S/c1-2-22-13(21)4-9-7-23-14(19-9)20-18-6-8-3-12(17)11(16)5-10(8)15/h3,5-7H,2,4H2,1H3,(H,19,20). The number of thiazole rings is 1. The molecule has 0 unspecified atom stereocenters. The molecule has 122 valence electrons. The van der Waals surface area contributed by atoms with Crippen molar-refractivity contribution in [1.82, 2.24) is 4.98 Å². The fourth-order valence-corrected chi connectivity index (χ4v) is 2.74. The van der Waals surface area contributed by atoms with Crippen molar-refractivity contribution < 1.29 is 18.3 Å². The second-order valence-corrected chi connectivity index (χ2v) is 6.30. The summed E-state index contributed by atoms with van der Waals surface area (Å²) >= 11 is 3.03. The van der Waals surface area contributed by atoms with Crippen LogP contribution in [0.1, 0.15) is 18.2 Å². The van der Waals surface area contributed by atoms with E-state index < -0.39 is 11.6 Å². The quantitative estimate of drug-likeness (QED) is 0.240. The molecular formula is C14H12F2IN3O2S. The van der Waals surface area contributed by atoms with Crippen LogP contribution in [0.25, 0.3) is 0 Å². The first-order valence-electron chi connectivity index (χ1n) is 6.53. The fourth-order valence-electron chi connectivity index (χ4n) is 1.59. The summed E-state index contributed by atoms with van der Waals surface area (Å²) in [5.74, 6) is -1.66. The molecule has 0 amide bonds. The largest absolute Gasteiger partial charge is 0.466 e. The summed E-state index contributed by atoms with van der Waals surface area (Å²) < 4.78 is 31.8.